The molecule has 3 heterocycles. The highest BCUT2D eigenvalue weighted by molar-refractivity contribution is 7.99. The number of nitrogens with zero attached hydrogens (tertiary/aromatic N) is 3. The Labute approximate surface area is 183 Å². The van der Waals surface area contributed by atoms with Crippen molar-refractivity contribution in [1.82, 2.24) is 19.7 Å². The predicted molar refractivity (Wildman–Crippen MR) is 119 cm³/mol. The summed E-state index contributed by atoms with van der Waals surface area (Å²) in [5.74, 6) is 2.32. The van der Waals surface area contributed by atoms with Crippen molar-refractivity contribution in [2.75, 3.05) is 12.4 Å². The van der Waals surface area contributed by atoms with Crippen molar-refractivity contribution in [3.8, 4) is 11.5 Å². The molecule has 0 fully saturated rings. The molecule has 1 N–H and O–H groups in total. The van der Waals surface area contributed by atoms with Gasteiger partial charge in [-0.3, -0.25) is 9.36 Å². The van der Waals surface area contributed by atoms with Gasteiger partial charge in [0.2, 0.25) is 0 Å². The molecule has 0 amide bonds. The Kier molecular flexibility index (Phi) is 5.21. The number of ketones is 1. The molecule has 156 valence electrons. The molecule has 31 heavy (non-hydrogen) atoms. The number of thioether (sulfide) groups is 1. The number of para-hydroxylation sites is 3. The van der Waals surface area contributed by atoms with E-state index in [1.54, 1.807) is 12.3 Å². The molecule has 5 rings (SSSR count). The van der Waals surface area contributed by atoms with Crippen molar-refractivity contribution in [2.45, 2.75) is 17.8 Å². The molecule has 0 saturated heterocycles. The van der Waals surface area contributed by atoms with Crippen LogP contribution in [0.4, 0.5) is 0 Å². The maximum Gasteiger partial charge on any atom is 0.192 e. The van der Waals surface area contributed by atoms with E-state index in [1.165, 1.54) is 11.8 Å². The molecule has 7 nitrogen and oxygen atoms in total. The van der Waals surface area contributed by atoms with Crippen LogP contribution in [0.5, 0.6) is 11.5 Å². The van der Waals surface area contributed by atoms with Gasteiger partial charge in [-0.2, -0.15) is 0 Å². The van der Waals surface area contributed by atoms with Gasteiger partial charge in [0.15, 0.2) is 34.4 Å². The molecule has 1 aliphatic rings. The van der Waals surface area contributed by atoms with Gasteiger partial charge in [-0.25, -0.2) is 0 Å². The maximum absolute atomic E-state index is 12.8. The highest BCUT2D eigenvalue weighted by Crippen LogP contribution is 2.36. The molecule has 0 aliphatic carbocycles. The van der Waals surface area contributed by atoms with Crippen LogP contribution < -0.4 is 9.47 Å². The first-order valence-corrected chi connectivity index (χ1v) is 10.9. The fourth-order valence-corrected chi connectivity index (χ4v) is 4.44. The second-order valence-electron chi connectivity index (χ2n) is 7.06. The summed E-state index contributed by atoms with van der Waals surface area (Å²) < 4.78 is 13.8. The Morgan fingerprint density at radius 1 is 1.19 bits per heavy atom. The first kappa shape index (κ1) is 19.4. The zero-order valence-electron chi connectivity index (χ0n) is 16.7. The number of carbonyl (C=O) groups is 1. The third-order valence-corrected chi connectivity index (χ3v) is 6.04. The van der Waals surface area contributed by atoms with E-state index >= 15 is 0 Å². The number of benzene rings is 2. The van der Waals surface area contributed by atoms with Crippen molar-refractivity contribution >= 4 is 28.4 Å². The van der Waals surface area contributed by atoms with Crippen molar-refractivity contribution in [1.29, 1.82) is 0 Å². The van der Waals surface area contributed by atoms with Crippen molar-refractivity contribution < 1.29 is 14.3 Å². The lowest BCUT2D eigenvalue weighted by molar-refractivity contribution is 0.0821. The maximum atomic E-state index is 12.8. The zero-order chi connectivity index (χ0) is 21.2. The van der Waals surface area contributed by atoms with Crippen LogP contribution in [0.25, 0.3) is 10.9 Å². The van der Waals surface area contributed by atoms with Crippen LogP contribution in [0.15, 0.2) is 72.5 Å². The monoisotopic (exact) mass is 432 g/mol. The molecule has 1 unspecified atom stereocenters. The van der Waals surface area contributed by atoms with Gasteiger partial charge < -0.3 is 14.5 Å². The van der Waals surface area contributed by atoms with Crippen LogP contribution in [0.1, 0.15) is 22.3 Å². The van der Waals surface area contributed by atoms with E-state index in [4.69, 9.17) is 9.47 Å². The topological polar surface area (TPSA) is 82.0 Å². The standard InChI is InChI=1S/C23H20N4O3S/c1-2-11-27-22(21-13-29-19-9-5-6-10-20(19)30-21)25-26-23(27)31-14-18(28)16-12-24-17-8-4-3-7-15(16)17/h2-10,12,21,24H,1,11,13-14H2. The van der Waals surface area contributed by atoms with Gasteiger partial charge in [0.25, 0.3) is 0 Å². The SMILES string of the molecule is C=CCn1c(SCC(=O)c2c[nH]c3ccccc23)nnc1C1COc2ccccc2O1. The normalized spacial score (nSPS) is 15.2. The van der Waals surface area contributed by atoms with E-state index < -0.39 is 0 Å². The summed E-state index contributed by atoms with van der Waals surface area (Å²) in [7, 11) is 0. The average molecular weight is 433 g/mol. The number of nitrogens with one attached hydrogen (secondary N) is 1. The fraction of sp³-hybridized carbons (Fsp3) is 0.174. The Bertz CT molecular complexity index is 1260. The number of hydrogen-bond acceptors (Lipinski definition) is 6. The molecule has 1 atom stereocenters. The summed E-state index contributed by atoms with van der Waals surface area (Å²) in [6, 6.07) is 15.3. The van der Waals surface area contributed by atoms with Crippen molar-refractivity contribution in [2.24, 2.45) is 0 Å². The van der Waals surface area contributed by atoms with Gasteiger partial charge in [-0.05, 0) is 18.2 Å². The van der Waals surface area contributed by atoms with Gasteiger partial charge in [0, 0.05) is 29.2 Å². The molecular weight excluding hydrogens is 412 g/mol. The van der Waals surface area contributed by atoms with Crippen LogP contribution in [0, 0.1) is 0 Å². The molecule has 2 aromatic carbocycles. The Balaban J connectivity index is 1.35. The lowest BCUT2D eigenvalue weighted by Crippen LogP contribution is -2.25. The van der Waals surface area contributed by atoms with Crippen molar-refractivity contribution in [3.05, 3.63) is 78.8 Å². The Morgan fingerprint density at radius 3 is 2.87 bits per heavy atom. The van der Waals surface area contributed by atoms with E-state index in [1.807, 2.05) is 53.1 Å². The van der Waals surface area contributed by atoms with Gasteiger partial charge in [-0.15, -0.1) is 16.8 Å². The van der Waals surface area contributed by atoms with E-state index in [9.17, 15) is 4.79 Å². The number of fused-ring (bicyclic) bond motifs is 2. The molecule has 0 radical (unpaired) electrons. The third kappa shape index (κ3) is 3.70. The molecule has 0 bridgehead atoms. The van der Waals surface area contributed by atoms with Gasteiger partial charge in [-0.1, -0.05) is 48.2 Å². The summed E-state index contributed by atoms with van der Waals surface area (Å²) in [5, 5.41) is 10.2. The van der Waals surface area contributed by atoms with E-state index in [0.717, 1.165) is 10.9 Å². The number of aromatic nitrogens is 4. The van der Waals surface area contributed by atoms with Crippen LogP contribution in [-0.4, -0.2) is 37.9 Å². The number of carbonyl (C=O) groups excluding carboxylic acids is 1. The quantitative estimate of drug-likeness (QED) is 0.264. The first-order chi connectivity index (χ1) is 15.2. The summed E-state index contributed by atoms with van der Waals surface area (Å²) in [4.78, 5) is 16.0. The minimum Gasteiger partial charge on any atom is -0.485 e. The van der Waals surface area contributed by atoms with Crippen molar-refractivity contribution in [3.63, 3.8) is 0 Å². The minimum atomic E-state index is -0.388. The van der Waals surface area contributed by atoms with Gasteiger partial charge >= 0.3 is 0 Å². The fourth-order valence-electron chi connectivity index (χ4n) is 3.60. The molecular formula is C23H20N4O3S. The molecule has 4 aromatic rings. The predicted octanol–water partition coefficient (Wildman–Crippen LogP) is 4.43. The van der Waals surface area contributed by atoms with Crippen LogP contribution in [0.3, 0.4) is 0 Å². The van der Waals surface area contributed by atoms with Crippen LogP contribution in [0.2, 0.25) is 0 Å². The minimum absolute atomic E-state index is 0.0309. The number of Topliss-reactive ketones (excluding diaryl/α,β-unsaturated/α-hetero) is 1. The summed E-state index contributed by atoms with van der Waals surface area (Å²) >= 11 is 1.35. The largest absolute Gasteiger partial charge is 0.485 e. The van der Waals surface area contributed by atoms with E-state index in [2.05, 4.69) is 21.8 Å². The average Bonchev–Trinajstić information content (AvgIpc) is 3.42. The zero-order valence-corrected chi connectivity index (χ0v) is 17.5. The van der Waals surface area contributed by atoms with E-state index in [-0.39, 0.29) is 17.6 Å². The molecule has 1 aliphatic heterocycles. The second kappa shape index (κ2) is 8.31. The van der Waals surface area contributed by atoms with Crippen LogP contribution in [-0.2, 0) is 6.54 Å². The van der Waals surface area contributed by atoms with Gasteiger partial charge in [0.1, 0.15) is 6.61 Å². The highest BCUT2D eigenvalue weighted by atomic mass is 32.2. The summed E-state index contributed by atoms with van der Waals surface area (Å²) in [6.07, 6.45) is 3.15. The molecule has 0 spiro atoms. The summed E-state index contributed by atoms with van der Waals surface area (Å²) in [5.41, 5.74) is 1.63. The number of H-pyrrole nitrogens is 1. The number of allylic oxidation sites excluding steroid dienone is 1. The molecule has 2 aromatic heterocycles. The molecule has 0 saturated carbocycles. The highest BCUT2D eigenvalue weighted by Gasteiger charge is 2.28. The smallest absolute Gasteiger partial charge is 0.192 e. The number of hydrogen-bond donors (Lipinski definition) is 1. The number of aromatic amines is 1. The Morgan fingerprint density at radius 2 is 2.00 bits per heavy atom. The Hall–Kier alpha value is -3.52. The second-order valence-corrected chi connectivity index (χ2v) is 8.01. The number of rotatable bonds is 7. The lowest BCUT2D eigenvalue weighted by atomic mass is 10.1. The lowest BCUT2D eigenvalue weighted by Gasteiger charge is -2.26. The van der Waals surface area contributed by atoms with E-state index in [0.29, 0.717) is 41.2 Å². The third-order valence-electron chi connectivity index (χ3n) is 5.08. The summed E-state index contributed by atoms with van der Waals surface area (Å²) in [6.45, 7) is 4.69. The number of ether oxygens (including phenoxy) is 2. The van der Waals surface area contributed by atoms with Crippen LogP contribution >= 0.6 is 11.8 Å². The molecule has 8 heteroatoms. The first-order valence-electron chi connectivity index (χ1n) is 9.89. The van der Waals surface area contributed by atoms with Gasteiger partial charge in [0.05, 0.1) is 5.75 Å².